The van der Waals surface area contributed by atoms with E-state index < -0.39 is 5.97 Å². The fourth-order valence-electron chi connectivity index (χ4n) is 3.29. The van der Waals surface area contributed by atoms with Gasteiger partial charge in [-0.15, -0.1) is 0 Å². The van der Waals surface area contributed by atoms with Crippen LogP contribution >= 0.6 is 11.8 Å². The standard InChI is InChI=1S/C25H25NO5S/c1-4-6-20-22(11-9-19(16(3)27)24(20)28)31-14-17-7-5-8-18(13-17)32-23-12-10-21(25(29)30)26-15(23)2/h5,7-13,28H,4,6,14H2,1-3H3,(H,29,30). The van der Waals surface area contributed by atoms with Crippen LogP contribution in [0.2, 0.25) is 0 Å². The number of ketones is 1. The highest BCUT2D eigenvalue weighted by molar-refractivity contribution is 7.99. The van der Waals surface area contributed by atoms with Crippen LogP contribution in [-0.2, 0) is 13.0 Å². The minimum Gasteiger partial charge on any atom is -0.507 e. The molecule has 3 aromatic rings. The summed E-state index contributed by atoms with van der Waals surface area (Å²) in [5.41, 5.74) is 2.57. The Bertz CT molecular complexity index is 1160. The smallest absolute Gasteiger partial charge is 0.354 e. The van der Waals surface area contributed by atoms with Gasteiger partial charge in [0.25, 0.3) is 0 Å². The lowest BCUT2D eigenvalue weighted by atomic mass is 10.0. The van der Waals surface area contributed by atoms with Crippen molar-refractivity contribution in [3.8, 4) is 11.5 Å². The Labute approximate surface area is 191 Å². The normalized spacial score (nSPS) is 10.7. The minimum absolute atomic E-state index is 0.00561. The van der Waals surface area contributed by atoms with E-state index in [1.807, 2.05) is 31.2 Å². The zero-order valence-electron chi connectivity index (χ0n) is 18.2. The number of phenols is 1. The molecular weight excluding hydrogens is 426 g/mol. The zero-order valence-corrected chi connectivity index (χ0v) is 19.0. The number of benzene rings is 2. The van der Waals surface area contributed by atoms with Gasteiger partial charge in [-0.3, -0.25) is 4.79 Å². The SMILES string of the molecule is CCCc1c(OCc2cccc(Sc3ccc(C(=O)O)nc3C)c2)ccc(C(C)=O)c1O. The Hall–Kier alpha value is -3.32. The molecule has 0 fully saturated rings. The van der Waals surface area contributed by atoms with Crippen LogP contribution < -0.4 is 4.74 Å². The van der Waals surface area contributed by atoms with Crippen molar-refractivity contribution in [3.63, 3.8) is 0 Å². The van der Waals surface area contributed by atoms with Crippen molar-refractivity contribution in [2.24, 2.45) is 0 Å². The van der Waals surface area contributed by atoms with E-state index in [0.29, 0.717) is 35.6 Å². The number of hydrogen-bond acceptors (Lipinski definition) is 6. The van der Waals surface area contributed by atoms with E-state index in [4.69, 9.17) is 9.84 Å². The number of carbonyl (C=O) groups excluding carboxylic acids is 1. The second-order valence-electron chi connectivity index (χ2n) is 7.37. The summed E-state index contributed by atoms with van der Waals surface area (Å²) in [5, 5.41) is 19.6. The zero-order chi connectivity index (χ0) is 23.3. The Kier molecular flexibility index (Phi) is 7.53. The first kappa shape index (κ1) is 23.3. The van der Waals surface area contributed by atoms with Gasteiger partial charge in [-0.1, -0.05) is 37.2 Å². The van der Waals surface area contributed by atoms with Gasteiger partial charge in [0.2, 0.25) is 0 Å². The number of phenolic OH excluding ortho intramolecular Hbond substituents is 1. The Morgan fingerprint density at radius 1 is 1.12 bits per heavy atom. The molecule has 166 valence electrons. The average molecular weight is 452 g/mol. The minimum atomic E-state index is -1.05. The van der Waals surface area contributed by atoms with Gasteiger partial charge in [0.15, 0.2) is 5.78 Å². The van der Waals surface area contributed by atoms with Crippen molar-refractivity contribution in [3.05, 3.63) is 76.6 Å². The predicted octanol–water partition coefficient (Wildman–Crippen LogP) is 5.68. The maximum absolute atomic E-state index is 11.7. The van der Waals surface area contributed by atoms with Gasteiger partial charge in [-0.2, -0.15) is 0 Å². The molecule has 0 unspecified atom stereocenters. The molecule has 0 atom stereocenters. The average Bonchev–Trinajstić information content (AvgIpc) is 2.75. The maximum Gasteiger partial charge on any atom is 0.354 e. The topological polar surface area (TPSA) is 96.7 Å². The third-order valence-corrected chi connectivity index (χ3v) is 6.04. The molecule has 0 spiro atoms. The van der Waals surface area contributed by atoms with Gasteiger partial charge in [0.05, 0.1) is 11.3 Å². The first-order valence-corrected chi connectivity index (χ1v) is 11.1. The molecule has 0 aliphatic heterocycles. The molecule has 1 heterocycles. The molecule has 6 nitrogen and oxygen atoms in total. The number of nitrogens with zero attached hydrogens (tertiary/aromatic N) is 1. The third kappa shape index (κ3) is 5.48. The van der Waals surface area contributed by atoms with Crippen molar-refractivity contribution in [1.82, 2.24) is 4.98 Å². The van der Waals surface area contributed by atoms with E-state index in [1.54, 1.807) is 25.1 Å². The quantitative estimate of drug-likeness (QED) is 0.404. The van der Waals surface area contributed by atoms with Crippen LogP contribution in [0.15, 0.2) is 58.3 Å². The number of hydrogen-bond donors (Lipinski definition) is 2. The van der Waals surface area contributed by atoms with Gasteiger partial charge in [0.1, 0.15) is 23.8 Å². The van der Waals surface area contributed by atoms with E-state index >= 15 is 0 Å². The van der Waals surface area contributed by atoms with Crippen LogP contribution in [-0.4, -0.2) is 26.9 Å². The molecule has 0 radical (unpaired) electrons. The highest BCUT2D eigenvalue weighted by Gasteiger charge is 2.16. The fraction of sp³-hybridized carbons (Fsp3) is 0.240. The highest BCUT2D eigenvalue weighted by Crippen LogP contribution is 2.34. The molecular formula is C25H25NO5S. The molecule has 0 amide bonds. The summed E-state index contributed by atoms with van der Waals surface area (Å²) in [6, 6.07) is 14.4. The molecule has 0 bridgehead atoms. The second-order valence-corrected chi connectivity index (χ2v) is 8.48. The molecule has 3 rings (SSSR count). The summed E-state index contributed by atoms with van der Waals surface area (Å²) in [4.78, 5) is 28.8. The van der Waals surface area contributed by atoms with Crippen LogP contribution in [0.25, 0.3) is 0 Å². The number of ether oxygens (including phenoxy) is 1. The van der Waals surface area contributed by atoms with Gasteiger partial charge >= 0.3 is 5.97 Å². The molecule has 0 aliphatic rings. The van der Waals surface area contributed by atoms with E-state index in [1.165, 1.54) is 24.8 Å². The van der Waals surface area contributed by atoms with Crippen LogP contribution in [0.5, 0.6) is 11.5 Å². The monoisotopic (exact) mass is 451 g/mol. The van der Waals surface area contributed by atoms with Crippen molar-refractivity contribution in [1.29, 1.82) is 0 Å². The van der Waals surface area contributed by atoms with Crippen molar-refractivity contribution < 1.29 is 24.5 Å². The number of pyridine rings is 1. The lowest BCUT2D eigenvalue weighted by Crippen LogP contribution is -2.02. The summed E-state index contributed by atoms with van der Waals surface area (Å²) < 4.78 is 6.00. The molecule has 0 saturated heterocycles. The van der Waals surface area contributed by atoms with Crippen LogP contribution in [0.4, 0.5) is 0 Å². The Morgan fingerprint density at radius 3 is 2.56 bits per heavy atom. The largest absolute Gasteiger partial charge is 0.507 e. The number of aromatic hydroxyl groups is 1. The van der Waals surface area contributed by atoms with Crippen molar-refractivity contribution in [2.45, 2.75) is 50.0 Å². The first-order valence-electron chi connectivity index (χ1n) is 10.3. The van der Waals surface area contributed by atoms with E-state index in [9.17, 15) is 14.7 Å². The molecule has 0 saturated carbocycles. The molecule has 7 heteroatoms. The Morgan fingerprint density at radius 2 is 1.91 bits per heavy atom. The molecule has 0 aliphatic carbocycles. The number of aryl methyl sites for hydroxylation is 1. The van der Waals surface area contributed by atoms with E-state index in [-0.39, 0.29) is 17.2 Å². The lowest BCUT2D eigenvalue weighted by Gasteiger charge is -2.15. The highest BCUT2D eigenvalue weighted by atomic mass is 32.2. The van der Waals surface area contributed by atoms with Gasteiger partial charge in [-0.25, -0.2) is 9.78 Å². The summed E-state index contributed by atoms with van der Waals surface area (Å²) in [6.07, 6.45) is 1.42. The molecule has 2 N–H and O–H groups in total. The number of rotatable bonds is 9. The van der Waals surface area contributed by atoms with Crippen LogP contribution in [0.1, 0.15) is 57.9 Å². The van der Waals surface area contributed by atoms with Gasteiger partial charge < -0.3 is 14.9 Å². The van der Waals surface area contributed by atoms with Crippen LogP contribution in [0.3, 0.4) is 0 Å². The number of carboxylic acids is 1. The number of Topliss-reactive ketones (excluding diaryl/α,β-unsaturated/α-hetero) is 1. The Balaban J connectivity index is 1.77. The number of aromatic nitrogens is 1. The number of aromatic carboxylic acids is 1. The lowest BCUT2D eigenvalue weighted by molar-refractivity contribution is 0.0689. The molecule has 32 heavy (non-hydrogen) atoms. The van der Waals surface area contributed by atoms with E-state index in [2.05, 4.69) is 4.98 Å². The molecule has 2 aromatic carbocycles. The first-order chi connectivity index (χ1) is 15.3. The van der Waals surface area contributed by atoms with E-state index in [0.717, 1.165) is 21.8 Å². The van der Waals surface area contributed by atoms with Crippen LogP contribution in [0, 0.1) is 6.92 Å². The summed E-state index contributed by atoms with van der Waals surface area (Å²) >= 11 is 1.50. The predicted molar refractivity (Wildman–Crippen MR) is 123 cm³/mol. The number of carboxylic acid groups (broad SMARTS) is 1. The van der Waals surface area contributed by atoms with Gasteiger partial charge in [0, 0.05) is 15.4 Å². The summed E-state index contributed by atoms with van der Waals surface area (Å²) in [7, 11) is 0. The fourth-order valence-corrected chi connectivity index (χ4v) is 4.23. The second kappa shape index (κ2) is 10.3. The third-order valence-electron chi connectivity index (χ3n) is 4.90. The maximum atomic E-state index is 11.7. The van der Waals surface area contributed by atoms with Crippen molar-refractivity contribution in [2.75, 3.05) is 0 Å². The van der Waals surface area contributed by atoms with Gasteiger partial charge in [-0.05, 0) is 62.2 Å². The summed E-state index contributed by atoms with van der Waals surface area (Å²) in [5.74, 6) is -0.670. The number of carbonyl (C=O) groups is 2. The molecule has 1 aromatic heterocycles. The summed E-state index contributed by atoms with van der Waals surface area (Å²) in [6.45, 7) is 5.53. The van der Waals surface area contributed by atoms with Crippen molar-refractivity contribution >= 4 is 23.5 Å².